The molecule has 0 radical (unpaired) electrons. The number of ether oxygens (including phenoxy) is 1. The Balaban J connectivity index is 1.37. The van der Waals surface area contributed by atoms with E-state index >= 15 is 0 Å². The second kappa shape index (κ2) is 9.78. The summed E-state index contributed by atoms with van der Waals surface area (Å²) in [5.41, 5.74) is 8.88. The number of hydrogen-bond donors (Lipinski definition) is 2. The third-order valence-electron chi connectivity index (χ3n) is 4.06. The Bertz CT molecular complexity index is 699. The number of thioether (sulfide) groups is 2. The summed E-state index contributed by atoms with van der Waals surface area (Å²) in [4.78, 5) is 11.9. The van der Waals surface area contributed by atoms with E-state index in [0.29, 0.717) is 11.1 Å². The van der Waals surface area contributed by atoms with Gasteiger partial charge in [0.2, 0.25) is 0 Å². The van der Waals surface area contributed by atoms with E-state index in [1.54, 1.807) is 0 Å². The number of hydrogen-bond acceptors (Lipinski definition) is 5. The van der Waals surface area contributed by atoms with Crippen molar-refractivity contribution in [2.45, 2.75) is 17.4 Å². The molecule has 1 fully saturated rings. The third kappa shape index (κ3) is 5.88. The lowest BCUT2D eigenvalue weighted by Gasteiger charge is -2.21. The van der Waals surface area contributed by atoms with Crippen LogP contribution in [0.5, 0.6) is 5.75 Å². The fraction of sp³-hybridized carbons (Fsp3) is 0.350. The molecule has 26 heavy (non-hydrogen) atoms. The average molecular weight is 389 g/mol. The van der Waals surface area contributed by atoms with Gasteiger partial charge in [0, 0.05) is 12.2 Å². The van der Waals surface area contributed by atoms with Gasteiger partial charge in [0.05, 0.1) is 4.58 Å². The number of rotatable bonds is 7. The lowest BCUT2D eigenvalue weighted by atomic mass is 10.1. The minimum absolute atomic E-state index is 0.0357. The Morgan fingerprint density at radius 3 is 2.46 bits per heavy atom. The summed E-state index contributed by atoms with van der Waals surface area (Å²) in [5, 5.41) is 2.88. The maximum Gasteiger partial charge on any atom is 0.257 e. The van der Waals surface area contributed by atoms with Crippen LogP contribution in [0.3, 0.4) is 0 Å². The van der Waals surface area contributed by atoms with Crippen molar-refractivity contribution in [3.05, 3.63) is 59.7 Å². The van der Waals surface area contributed by atoms with Gasteiger partial charge in [-0.2, -0.15) is 0 Å². The molecule has 1 heterocycles. The minimum atomic E-state index is -0.108. The number of amides is 1. The molecule has 138 valence electrons. The first-order chi connectivity index (χ1) is 12.7. The molecule has 0 aromatic heterocycles. The summed E-state index contributed by atoms with van der Waals surface area (Å²) in [6.07, 6.45) is 2.07. The van der Waals surface area contributed by atoms with E-state index in [-0.39, 0.29) is 12.5 Å². The summed E-state index contributed by atoms with van der Waals surface area (Å²) in [5.74, 6) is 3.08. The second-order valence-electron chi connectivity index (χ2n) is 6.13. The Morgan fingerprint density at radius 1 is 1.08 bits per heavy atom. The minimum Gasteiger partial charge on any atom is -0.484 e. The second-order valence-corrected chi connectivity index (χ2v) is 8.85. The van der Waals surface area contributed by atoms with Crippen molar-refractivity contribution in [3.63, 3.8) is 0 Å². The molecule has 1 saturated heterocycles. The summed E-state index contributed by atoms with van der Waals surface area (Å²) in [6, 6.07) is 15.8. The number of anilines is 1. The van der Waals surface area contributed by atoms with Crippen molar-refractivity contribution < 1.29 is 9.53 Å². The fourth-order valence-electron chi connectivity index (χ4n) is 2.63. The molecular formula is C20H24N2O2S2. The Kier molecular flexibility index (Phi) is 7.14. The number of nitrogens with two attached hydrogens (primary N) is 1. The van der Waals surface area contributed by atoms with Crippen LogP contribution in [-0.4, -0.2) is 30.6 Å². The van der Waals surface area contributed by atoms with Crippen molar-refractivity contribution in [1.29, 1.82) is 0 Å². The summed E-state index contributed by atoms with van der Waals surface area (Å²) in [6.45, 7) is 0.620. The molecule has 0 atom stereocenters. The predicted octanol–water partition coefficient (Wildman–Crippen LogP) is 3.88. The van der Waals surface area contributed by atoms with Gasteiger partial charge in [-0.15, -0.1) is 23.5 Å². The van der Waals surface area contributed by atoms with E-state index in [1.165, 1.54) is 23.5 Å². The summed E-state index contributed by atoms with van der Waals surface area (Å²) >= 11 is 4.00. The highest BCUT2D eigenvalue weighted by Crippen LogP contribution is 2.43. The molecule has 2 aromatic carbocycles. The number of nitrogens with one attached hydrogen (secondary N) is 1. The molecule has 1 amide bonds. The Morgan fingerprint density at radius 2 is 1.77 bits per heavy atom. The topological polar surface area (TPSA) is 64.3 Å². The lowest BCUT2D eigenvalue weighted by molar-refractivity contribution is -0.123. The smallest absolute Gasteiger partial charge is 0.257 e. The monoisotopic (exact) mass is 388 g/mol. The van der Waals surface area contributed by atoms with Gasteiger partial charge in [0.25, 0.3) is 5.91 Å². The molecule has 3 rings (SSSR count). The zero-order valence-electron chi connectivity index (χ0n) is 14.6. The summed E-state index contributed by atoms with van der Waals surface area (Å²) in [7, 11) is 0. The molecule has 6 heteroatoms. The quantitative estimate of drug-likeness (QED) is 0.705. The van der Waals surface area contributed by atoms with Gasteiger partial charge in [-0.3, -0.25) is 4.79 Å². The highest BCUT2D eigenvalue weighted by Gasteiger charge is 2.16. The molecule has 0 saturated carbocycles. The van der Waals surface area contributed by atoms with Crippen LogP contribution >= 0.6 is 23.5 Å². The van der Waals surface area contributed by atoms with Gasteiger partial charge >= 0.3 is 0 Å². The van der Waals surface area contributed by atoms with Gasteiger partial charge < -0.3 is 15.8 Å². The van der Waals surface area contributed by atoms with Crippen molar-refractivity contribution in [2.24, 2.45) is 0 Å². The van der Waals surface area contributed by atoms with Gasteiger partial charge in [0.1, 0.15) is 5.75 Å². The van der Waals surface area contributed by atoms with Crippen LogP contribution in [0.4, 0.5) is 5.69 Å². The van der Waals surface area contributed by atoms with E-state index < -0.39 is 0 Å². The Labute approximate surface area is 163 Å². The number of nitrogen functional groups attached to an aromatic ring is 1. The molecule has 0 bridgehead atoms. The zero-order chi connectivity index (χ0) is 18.2. The Hall–Kier alpha value is -1.79. The van der Waals surface area contributed by atoms with Crippen LogP contribution in [0.2, 0.25) is 0 Å². The molecule has 0 spiro atoms. The average Bonchev–Trinajstić information content (AvgIpc) is 2.69. The molecule has 0 aliphatic carbocycles. The van der Waals surface area contributed by atoms with E-state index in [2.05, 4.69) is 17.4 Å². The molecule has 4 nitrogen and oxygen atoms in total. The van der Waals surface area contributed by atoms with E-state index in [4.69, 9.17) is 10.5 Å². The van der Waals surface area contributed by atoms with Gasteiger partial charge in [0.15, 0.2) is 6.61 Å². The first kappa shape index (κ1) is 19.0. The van der Waals surface area contributed by atoms with Crippen molar-refractivity contribution in [1.82, 2.24) is 5.32 Å². The van der Waals surface area contributed by atoms with Crippen LogP contribution in [0.15, 0.2) is 48.5 Å². The van der Waals surface area contributed by atoms with Gasteiger partial charge in [-0.05, 0) is 59.7 Å². The summed E-state index contributed by atoms with van der Waals surface area (Å²) < 4.78 is 6.11. The predicted molar refractivity (Wildman–Crippen MR) is 112 cm³/mol. The highest BCUT2D eigenvalue weighted by atomic mass is 32.2. The van der Waals surface area contributed by atoms with Crippen molar-refractivity contribution in [2.75, 3.05) is 30.4 Å². The highest BCUT2D eigenvalue weighted by molar-refractivity contribution is 8.16. The largest absolute Gasteiger partial charge is 0.484 e. The molecule has 1 aliphatic heterocycles. The number of carbonyl (C=O) groups is 1. The molecular weight excluding hydrogens is 364 g/mol. The number of carbonyl (C=O) groups excluding carboxylic acids is 1. The first-order valence-corrected chi connectivity index (χ1v) is 10.9. The van der Waals surface area contributed by atoms with Crippen LogP contribution < -0.4 is 15.8 Å². The van der Waals surface area contributed by atoms with E-state index in [9.17, 15) is 4.79 Å². The van der Waals surface area contributed by atoms with Gasteiger partial charge in [-0.25, -0.2) is 0 Å². The molecule has 2 aromatic rings. The standard InChI is InChI=1S/C20H24N2O2S2/c21-17-6-2-15(3-7-17)10-11-22-19(23)14-24-18-8-4-16(5-9-18)20-25-12-1-13-26-20/h2-9,20H,1,10-14,21H2,(H,22,23). The van der Waals surface area contributed by atoms with Gasteiger partial charge in [-0.1, -0.05) is 24.3 Å². The van der Waals surface area contributed by atoms with Crippen LogP contribution in [-0.2, 0) is 11.2 Å². The van der Waals surface area contributed by atoms with Crippen LogP contribution in [0, 0.1) is 0 Å². The molecule has 1 aliphatic rings. The maximum absolute atomic E-state index is 11.9. The van der Waals surface area contributed by atoms with Crippen LogP contribution in [0.1, 0.15) is 22.1 Å². The van der Waals surface area contributed by atoms with E-state index in [1.807, 2.05) is 59.9 Å². The lowest BCUT2D eigenvalue weighted by Crippen LogP contribution is -2.30. The van der Waals surface area contributed by atoms with Crippen molar-refractivity contribution >= 4 is 35.1 Å². The van der Waals surface area contributed by atoms with E-state index in [0.717, 1.165) is 23.4 Å². The molecule has 3 N–H and O–H groups in total. The first-order valence-electron chi connectivity index (χ1n) is 8.78. The maximum atomic E-state index is 11.9. The molecule has 0 unspecified atom stereocenters. The third-order valence-corrected chi connectivity index (χ3v) is 7.08. The SMILES string of the molecule is Nc1ccc(CCNC(=O)COc2ccc(C3SCCCS3)cc2)cc1. The zero-order valence-corrected chi connectivity index (χ0v) is 16.3. The normalized spacial score (nSPS) is 14.8. The fourth-order valence-corrected chi connectivity index (χ4v) is 5.53. The number of benzene rings is 2. The van der Waals surface area contributed by atoms with Crippen molar-refractivity contribution in [3.8, 4) is 5.75 Å². The van der Waals surface area contributed by atoms with Crippen LogP contribution in [0.25, 0.3) is 0 Å².